The third kappa shape index (κ3) is 5.62. The van der Waals surface area contributed by atoms with Crippen molar-refractivity contribution < 1.29 is 41.0 Å². The normalized spacial score (nSPS) is 11.8. The number of alkyl halides is 6. The van der Waals surface area contributed by atoms with Gasteiger partial charge in [-0.15, -0.1) is 0 Å². The lowest BCUT2D eigenvalue weighted by Crippen LogP contribution is -2.35. The summed E-state index contributed by atoms with van der Waals surface area (Å²) in [7, 11) is -2.10. The molecule has 0 radical (unpaired) electrons. The molecule has 0 amide bonds. The summed E-state index contributed by atoms with van der Waals surface area (Å²) < 4.78 is 83.4. The molecule has 5 rings (SSSR count). The number of aromatic nitrogens is 5. The van der Waals surface area contributed by atoms with Gasteiger partial charge in [-0.2, -0.15) is 26.3 Å². The molecule has 0 unspecified atom stereocenters. The van der Waals surface area contributed by atoms with E-state index in [1.807, 2.05) is 6.92 Å². The molecule has 0 spiro atoms. The molecule has 2 aromatic carbocycles. The van der Waals surface area contributed by atoms with E-state index >= 15 is 0 Å². The zero-order valence-corrected chi connectivity index (χ0v) is 20.4. The average Bonchev–Trinajstić information content (AvgIpc) is 3.50. The number of halogens is 6. The van der Waals surface area contributed by atoms with Gasteiger partial charge in [0.2, 0.25) is 0 Å². The fourth-order valence-corrected chi connectivity index (χ4v) is 4.07. The van der Waals surface area contributed by atoms with Crippen LogP contribution in [0.15, 0.2) is 65.6 Å². The third-order valence-corrected chi connectivity index (χ3v) is 5.76. The van der Waals surface area contributed by atoms with Crippen molar-refractivity contribution in [1.29, 1.82) is 0 Å². The standard InChI is InChI=1S/C17H13F3N6O.C7H6BF3O2/c1-2-26-14-10(9-5-3-4-6-11(9)17(18,19)20)7-22-8-12(14)23-16(26)13-15(21)25-27-24-13;9-7(10,11)5-3-1-2-4-6(5)8(12)13/h3-8H,2H2,1H3,(H2,21,25);1-4,12-13H. The van der Waals surface area contributed by atoms with Gasteiger partial charge in [-0.3, -0.25) is 4.98 Å². The van der Waals surface area contributed by atoms with Crippen LogP contribution in [0.2, 0.25) is 0 Å². The summed E-state index contributed by atoms with van der Waals surface area (Å²) >= 11 is 0. The van der Waals surface area contributed by atoms with Crippen LogP contribution in [0.25, 0.3) is 33.7 Å². The largest absolute Gasteiger partial charge is 0.489 e. The van der Waals surface area contributed by atoms with Crippen LogP contribution in [-0.2, 0) is 18.9 Å². The van der Waals surface area contributed by atoms with Crippen molar-refractivity contribution in [3.8, 4) is 22.6 Å². The highest BCUT2D eigenvalue weighted by Crippen LogP contribution is 2.40. The minimum absolute atomic E-state index is 0.0236. The van der Waals surface area contributed by atoms with E-state index in [0.29, 0.717) is 29.0 Å². The lowest BCUT2D eigenvalue weighted by Gasteiger charge is -2.14. The van der Waals surface area contributed by atoms with Gasteiger partial charge in [0, 0.05) is 18.3 Å². The molecular formula is C24H19BF6N6O3. The molecule has 5 aromatic rings. The number of nitrogens with two attached hydrogens (primary N) is 1. The molecule has 0 aliphatic carbocycles. The van der Waals surface area contributed by atoms with E-state index < -0.39 is 36.1 Å². The number of aryl methyl sites for hydroxylation is 1. The van der Waals surface area contributed by atoms with Gasteiger partial charge < -0.3 is 20.3 Å². The average molecular weight is 564 g/mol. The van der Waals surface area contributed by atoms with E-state index in [9.17, 15) is 26.3 Å². The maximum absolute atomic E-state index is 13.5. The number of imidazole rings is 1. The van der Waals surface area contributed by atoms with Gasteiger partial charge in [-0.1, -0.05) is 42.5 Å². The number of hydrogen-bond donors (Lipinski definition) is 3. The number of anilines is 1. The van der Waals surface area contributed by atoms with Crippen molar-refractivity contribution >= 4 is 29.4 Å². The van der Waals surface area contributed by atoms with E-state index in [2.05, 4.69) is 24.9 Å². The van der Waals surface area contributed by atoms with Crippen LogP contribution in [0.4, 0.5) is 32.2 Å². The summed E-state index contributed by atoms with van der Waals surface area (Å²) in [4.78, 5) is 8.51. The first-order valence-electron chi connectivity index (χ1n) is 11.5. The Hall–Kier alpha value is -4.44. The Morgan fingerprint density at radius 3 is 2.05 bits per heavy atom. The molecule has 3 aromatic heterocycles. The summed E-state index contributed by atoms with van der Waals surface area (Å²) in [5.74, 6) is 0.398. The maximum Gasteiger partial charge on any atom is 0.489 e. The topological polar surface area (TPSA) is 136 Å². The highest BCUT2D eigenvalue weighted by molar-refractivity contribution is 6.59. The van der Waals surface area contributed by atoms with Crippen LogP contribution in [0.3, 0.4) is 0 Å². The van der Waals surface area contributed by atoms with Gasteiger partial charge in [-0.25, -0.2) is 9.61 Å². The Morgan fingerprint density at radius 2 is 1.50 bits per heavy atom. The Labute approximate surface area is 222 Å². The number of rotatable bonds is 4. The summed E-state index contributed by atoms with van der Waals surface area (Å²) in [5.41, 5.74) is 4.95. The molecule has 0 bridgehead atoms. The van der Waals surface area contributed by atoms with Gasteiger partial charge >= 0.3 is 19.5 Å². The molecule has 3 heterocycles. The first-order chi connectivity index (χ1) is 18.8. The molecule has 0 aliphatic rings. The molecule has 0 saturated carbocycles. The van der Waals surface area contributed by atoms with E-state index in [0.717, 1.165) is 18.2 Å². The second-order valence-corrected chi connectivity index (χ2v) is 8.23. The first kappa shape index (κ1) is 28.6. The fourth-order valence-electron chi connectivity index (χ4n) is 4.07. The predicted molar refractivity (Wildman–Crippen MR) is 133 cm³/mol. The van der Waals surface area contributed by atoms with Crippen LogP contribution in [0.5, 0.6) is 0 Å². The van der Waals surface area contributed by atoms with Crippen molar-refractivity contribution in [1.82, 2.24) is 24.8 Å². The van der Waals surface area contributed by atoms with Crippen molar-refractivity contribution in [2.75, 3.05) is 5.73 Å². The number of pyridine rings is 1. The quantitative estimate of drug-likeness (QED) is 0.219. The molecule has 0 aliphatic heterocycles. The second kappa shape index (κ2) is 11.0. The van der Waals surface area contributed by atoms with Gasteiger partial charge in [0.25, 0.3) is 0 Å². The number of fused-ring (bicyclic) bond motifs is 1. The van der Waals surface area contributed by atoms with Gasteiger partial charge in [0.15, 0.2) is 17.3 Å². The minimum Gasteiger partial charge on any atom is -0.423 e. The number of benzene rings is 2. The Bertz CT molecular complexity index is 1630. The highest BCUT2D eigenvalue weighted by Gasteiger charge is 2.36. The molecule has 0 fully saturated rings. The van der Waals surface area contributed by atoms with Crippen molar-refractivity contribution in [3.63, 3.8) is 0 Å². The molecular weight excluding hydrogens is 545 g/mol. The molecule has 0 atom stereocenters. The lowest BCUT2D eigenvalue weighted by atomic mass is 9.77. The van der Waals surface area contributed by atoms with E-state index in [4.69, 9.17) is 15.8 Å². The molecule has 16 heteroatoms. The predicted octanol–water partition coefficient (Wildman–Crippen LogP) is 4.15. The van der Waals surface area contributed by atoms with Crippen molar-refractivity contribution in [2.45, 2.75) is 25.8 Å². The zero-order chi connectivity index (χ0) is 29.2. The summed E-state index contributed by atoms with van der Waals surface area (Å²) in [6.07, 6.45) is -6.18. The van der Waals surface area contributed by atoms with Crippen LogP contribution in [-0.4, -0.2) is 42.0 Å². The molecule has 4 N–H and O–H groups in total. The summed E-state index contributed by atoms with van der Waals surface area (Å²) in [6, 6.07) is 9.68. The molecule has 9 nitrogen and oxygen atoms in total. The smallest absolute Gasteiger partial charge is 0.423 e. The lowest BCUT2D eigenvalue weighted by molar-refractivity contribution is -0.137. The van der Waals surface area contributed by atoms with Crippen molar-refractivity contribution in [3.05, 3.63) is 72.1 Å². The summed E-state index contributed by atoms with van der Waals surface area (Å²) in [5, 5.41) is 24.5. The Kier molecular flexibility index (Phi) is 7.84. The van der Waals surface area contributed by atoms with Crippen LogP contribution >= 0.6 is 0 Å². The van der Waals surface area contributed by atoms with Crippen LogP contribution < -0.4 is 11.2 Å². The molecule has 0 saturated heterocycles. The Morgan fingerprint density at radius 1 is 0.875 bits per heavy atom. The fraction of sp³-hybridized carbons (Fsp3) is 0.167. The molecule has 40 heavy (non-hydrogen) atoms. The number of nitrogen functional groups attached to an aromatic ring is 1. The van der Waals surface area contributed by atoms with Crippen molar-refractivity contribution in [2.24, 2.45) is 0 Å². The van der Waals surface area contributed by atoms with E-state index in [-0.39, 0.29) is 17.1 Å². The molecule has 208 valence electrons. The van der Waals surface area contributed by atoms with Gasteiger partial charge in [-0.05, 0) is 34.3 Å². The SMILES string of the molecule is CCn1c(-c2nonc2N)nc2cncc(-c3ccccc3C(F)(F)F)c21.OB(O)c1ccccc1C(F)(F)F. The first-order valence-corrected chi connectivity index (χ1v) is 11.5. The third-order valence-electron chi connectivity index (χ3n) is 5.76. The summed E-state index contributed by atoms with van der Waals surface area (Å²) in [6.45, 7) is 2.26. The number of hydrogen-bond acceptors (Lipinski definition) is 8. The number of nitrogens with zero attached hydrogens (tertiary/aromatic N) is 5. The monoisotopic (exact) mass is 564 g/mol. The van der Waals surface area contributed by atoms with Crippen LogP contribution in [0, 0.1) is 0 Å². The van der Waals surface area contributed by atoms with E-state index in [1.54, 1.807) is 10.6 Å². The second-order valence-electron chi connectivity index (χ2n) is 8.23. The van der Waals surface area contributed by atoms with Crippen LogP contribution in [0.1, 0.15) is 18.1 Å². The van der Waals surface area contributed by atoms with Gasteiger partial charge in [0.05, 0.1) is 22.8 Å². The Balaban J connectivity index is 0.000000240. The maximum atomic E-state index is 13.5. The minimum atomic E-state index is -4.56. The van der Waals surface area contributed by atoms with E-state index in [1.165, 1.54) is 36.7 Å². The highest BCUT2D eigenvalue weighted by atomic mass is 19.4. The zero-order valence-electron chi connectivity index (χ0n) is 20.4. The van der Waals surface area contributed by atoms with Gasteiger partial charge in [0.1, 0.15) is 5.52 Å².